The molecule has 2 nitrogen and oxygen atoms in total. The SMILES string of the molecule is C=CCC1(c2ccccc2)CCCC(C=O)C1=O. The molecule has 1 saturated carbocycles. The number of ketones is 1. The van der Waals surface area contributed by atoms with Crippen LogP contribution in [0.25, 0.3) is 0 Å². The summed E-state index contributed by atoms with van der Waals surface area (Å²) in [6, 6.07) is 9.79. The highest BCUT2D eigenvalue weighted by Crippen LogP contribution is 2.41. The number of Topliss-reactive ketones (excluding diaryl/α,β-unsaturated/α-hetero) is 1. The number of rotatable bonds is 4. The fourth-order valence-corrected chi connectivity index (χ4v) is 2.97. The highest BCUT2D eigenvalue weighted by Gasteiger charge is 2.44. The fourth-order valence-electron chi connectivity index (χ4n) is 2.97. The van der Waals surface area contributed by atoms with E-state index in [-0.39, 0.29) is 5.78 Å². The van der Waals surface area contributed by atoms with Gasteiger partial charge < -0.3 is 4.79 Å². The van der Waals surface area contributed by atoms with Gasteiger partial charge in [-0.2, -0.15) is 0 Å². The molecule has 0 saturated heterocycles. The normalized spacial score (nSPS) is 27.8. The lowest BCUT2D eigenvalue weighted by molar-refractivity contribution is -0.134. The topological polar surface area (TPSA) is 34.1 Å². The lowest BCUT2D eigenvalue weighted by Crippen LogP contribution is -2.43. The molecule has 18 heavy (non-hydrogen) atoms. The third kappa shape index (κ3) is 2.03. The Bertz CT molecular complexity index is 449. The quantitative estimate of drug-likeness (QED) is 0.462. The zero-order valence-corrected chi connectivity index (χ0v) is 10.5. The number of benzene rings is 1. The summed E-state index contributed by atoms with van der Waals surface area (Å²) in [7, 11) is 0. The summed E-state index contributed by atoms with van der Waals surface area (Å²) >= 11 is 0. The molecule has 1 fully saturated rings. The van der Waals surface area contributed by atoms with E-state index in [2.05, 4.69) is 6.58 Å². The smallest absolute Gasteiger partial charge is 0.153 e. The van der Waals surface area contributed by atoms with Gasteiger partial charge in [0.05, 0.1) is 11.3 Å². The van der Waals surface area contributed by atoms with Gasteiger partial charge in [0.2, 0.25) is 0 Å². The van der Waals surface area contributed by atoms with Crippen LogP contribution in [0.5, 0.6) is 0 Å². The Morgan fingerprint density at radius 3 is 2.67 bits per heavy atom. The minimum atomic E-state index is -0.535. The van der Waals surface area contributed by atoms with Crippen LogP contribution in [0.4, 0.5) is 0 Å². The summed E-state index contributed by atoms with van der Waals surface area (Å²) in [5, 5.41) is 0. The van der Waals surface area contributed by atoms with Crippen molar-refractivity contribution in [3.8, 4) is 0 Å². The molecule has 2 rings (SSSR count). The van der Waals surface area contributed by atoms with Gasteiger partial charge in [-0.05, 0) is 24.8 Å². The van der Waals surface area contributed by atoms with Crippen molar-refractivity contribution in [2.24, 2.45) is 5.92 Å². The van der Waals surface area contributed by atoms with Gasteiger partial charge in [-0.1, -0.05) is 42.8 Å². The van der Waals surface area contributed by atoms with Crippen LogP contribution in [0.2, 0.25) is 0 Å². The van der Waals surface area contributed by atoms with E-state index in [4.69, 9.17) is 0 Å². The van der Waals surface area contributed by atoms with Gasteiger partial charge in [0.15, 0.2) is 5.78 Å². The molecular formula is C16H18O2. The Balaban J connectivity index is 2.46. The number of aldehydes is 1. The lowest BCUT2D eigenvalue weighted by Gasteiger charge is -2.38. The Labute approximate surface area is 108 Å². The maximum atomic E-state index is 12.6. The van der Waals surface area contributed by atoms with Gasteiger partial charge in [0.25, 0.3) is 0 Å². The van der Waals surface area contributed by atoms with Gasteiger partial charge in [0.1, 0.15) is 6.29 Å². The predicted octanol–water partition coefficient (Wildman–Crippen LogP) is 3.07. The minimum Gasteiger partial charge on any atom is -0.303 e. The Morgan fingerprint density at radius 2 is 2.06 bits per heavy atom. The number of carbonyl (C=O) groups is 2. The summed E-state index contributed by atoms with van der Waals surface area (Å²) in [4.78, 5) is 23.6. The number of allylic oxidation sites excluding steroid dienone is 1. The molecule has 1 aromatic carbocycles. The molecule has 1 aliphatic rings. The van der Waals surface area contributed by atoms with Gasteiger partial charge in [-0.25, -0.2) is 0 Å². The lowest BCUT2D eigenvalue weighted by atomic mass is 9.63. The van der Waals surface area contributed by atoms with Crippen LogP contribution in [-0.2, 0) is 15.0 Å². The first-order chi connectivity index (χ1) is 8.74. The summed E-state index contributed by atoms with van der Waals surface area (Å²) in [6.45, 7) is 3.77. The van der Waals surface area contributed by atoms with Crippen molar-refractivity contribution in [3.63, 3.8) is 0 Å². The molecule has 0 amide bonds. The standard InChI is InChI=1S/C16H18O2/c1-2-10-16(14-8-4-3-5-9-14)11-6-7-13(12-17)15(16)18/h2-5,8-9,12-13H,1,6-7,10-11H2. The van der Waals surface area contributed by atoms with Crippen molar-refractivity contribution in [2.75, 3.05) is 0 Å². The molecule has 2 atom stereocenters. The molecule has 0 bridgehead atoms. The summed E-state index contributed by atoms with van der Waals surface area (Å²) in [6.07, 6.45) is 5.62. The highest BCUT2D eigenvalue weighted by molar-refractivity contribution is 6.01. The second kappa shape index (κ2) is 5.30. The van der Waals surface area contributed by atoms with E-state index in [9.17, 15) is 9.59 Å². The van der Waals surface area contributed by atoms with Crippen molar-refractivity contribution in [2.45, 2.75) is 31.1 Å². The van der Waals surface area contributed by atoms with E-state index >= 15 is 0 Å². The summed E-state index contributed by atoms with van der Waals surface area (Å²) in [5.41, 5.74) is 0.480. The molecule has 1 aromatic rings. The van der Waals surface area contributed by atoms with Gasteiger partial charge >= 0.3 is 0 Å². The second-order valence-corrected chi connectivity index (χ2v) is 4.94. The molecule has 0 aliphatic heterocycles. The third-order valence-electron chi connectivity index (χ3n) is 3.91. The van der Waals surface area contributed by atoms with E-state index in [0.29, 0.717) is 12.8 Å². The predicted molar refractivity (Wildman–Crippen MR) is 71.3 cm³/mol. The van der Waals surface area contributed by atoms with Crippen LogP contribution in [-0.4, -0.2) is 12.1 Å². The maximum absolute atomic E-state index is 12.6. The average molecular weight is 242 g/mol. The van der Waals surface area contributed by atoms with E-state index in [1.807, 2.05) is 30.3 Å². The zero-order chi connectivity index (χ0) is 13.0. The first kappa shape index (κ1) is 12.7. The van der Waals surface area contributed by atoms with E-state index in [0.717, 1.165) is 24.7 Å². The fraction of sp³-hybridized carbons (Fsp3) is 0.375. The van der Waals surface area contributed by atoms with Crippen molar-refractivity contribution >= 4 is 12.1 Å². The molecule has 94 valence electrons. The molecule has 0 heterocycles. The molecule has 0 spiro atoms. The molecule has 0 N–H and O–H groups in total. The first-order valence-corrected chi connectivity index (χ1v) is 6.40. The van der Waals surface area contributed by atoms with Crippen LogP contribution in [0, 0.1) is 5.92 Å². The van der Waals surface area contributed by atoms with Crippen molar-refractivity contribution < 1.29 is 9.59 Å². The average Bonchev–Trinajstić information content (AvgIpc) is 2.42. The molecular weight excluding hydrogens is 224 g/mol. The van der Waals surface area contributed by atoms with Crippen LogP contribution in [0.15, 0.2) is 43.0 Å². The highest BCUT2D eigenvalue weighted by atomic mass is 16.1. The Morgan fingerprint density at radius 1 is 1.33 bits per heavy atom. The molecule has 1 aliphatic carbocycles. The maximum Gasteiger partial charge on any atom is 0.153 e. The zero-order valence-electron chi connectivity index (χ0n) is 10.5. The third-order valence-corrected chi connectivity index (χ3v) is 3.91. The molecule has 0 radical (unpaired) electrons. The first-order valence-electron chi connectivity index (χ1n) is 6.40. The second-order valence-electron chi connectivity index (χ2n) is 4.94. The summed E-state index contributed by atoms with van der Waals surface area (Å²) in [5.74, 6) is -0.381. The number of hydrogen-bond donors (Lipinski definition) is 0. The largest absolute Gasteiger partial charge is 0.303 e. The van der Waals surface area contributed by atoms with E-state index < -0.39 is 11.3 Å². The molecule has 0 aromatic heterocycles. The molecule has 2 unspecified atom stereocenters. The minimum absolute atomic E-state index is 0.0647. The Kier molecular flexibility index (Phi) is 3.75. The number of carbonyl (C=O) groups excluding carboxylic acids is 2. The van der Waals surface area contributed by atoms with Crippen LogP contribution in [0.3, 0.4) is 0 Å². The van der Waals surface area contributed by atoms with Gasteiger partial charge in [0, 0.05) is 0 Å². The van der Waals surface area contributed by atoms with Crippen LogP contribution >= 0.6 is 0 Å². The number of hydrogen-bond acceptors (Lipinski definition) is 2. The van der Waals surface area contributed by atoms with Gasteiger partial charge in [-0.15, -0.1) is 6.58 Å². The van der Waals surface area contributed by atoms with Crippen LogP contribution in [0.1, 0.15) is 31.2 Å². The van der Waals surface area contributed by atoms with Crippen molar-refractivity contribution in [1.29, 1.82) is 0 Å². The summed E-state index contributed by atoms with van der Waals surface area (Å²) < 4.78 is 0. The van der Waals surface area contributed by atoms with Crippen molar-refractivity contribution in [1.82, 2.24) is 0 Å². The molecule has 2 heteroatoms. The van der Waals surface area contributed by atoms with Crippen molar-refractivity contribution in [3.05, 3.63) is 48.6 Å². The van der Waals surface area contributed by atoms with E-state index in [1.54, 1.807) is 6.08 Å². The van der Waals surface area contributed by atoms with Crippen LogP contribution < -0.4 is 0 Å². The monoisotopic (exact) mass is 242 g/mol. The van der Waals surface area contributed by atoms with Gasteiger partial charge in [-0.3, -0.25) is 4.79 Å². The van der Waals surface area contributed by atoms with E-state index in [1.165, 1.54) is 0 Å². The Hall–Kier alpha value is -1.70.